The molecule has 0 aliphatic carbocycles. The molecule has 0 spiro atoms. The lowest BCUT2D eigenvalue weighted by molar-refractivity contribution is -0.0517. The Bertz CT molecular complexity index is 1370. The largest absolute Gasteiger partial charge is 0.508 e. The molecule has 3 aromatic carbocycles. The second-order valence-corrected chi connectivity index (χ2v) is 7.85. The molecule has 14 heteroatoms. The Morgan fingerprint density at radius 3 is 2.16 bits per heavy atom. The highest BCUT2D eigenvalue weighted by Gasteiger charge is 2.38. The lowest BCUT2D eigenvalue weighted by Gasteiger charge is -2.34. The molecule has 37 heavy (non-hydrogen) atoms. The molecule has 1 aliphatic rings. The Morgan fingerprint density at radius 2 is 1.54 bits per heavy atom. The van der Waals surface area contributed by atoms with Crippen LogP contribution in [-0.2, 0) is 11.2 Å². The molecular formula is C23H17F3O11. The number of phenolic OH excluding ortho intramolecular Hbond substituents is 7. The average Bonchev–Trinajstić information content (AvgIpc) is 2.82. The topological polar surface area (TPSA) is 186 Å². The van der Waals surface area contributed by atoms with Gasteiger partial charge in [-0.2, -0.15) is 8.78 Å². The zero-order valence-corrected chi connectivity index (χ0v) is 18.2. The third-order valence-corrected chi connectivity index (χ3v) is 5.46. The van der Waals surface area contributed by atoms with E-state index >= 15 is 0 Å². The monoisotopic (exact) mass is 526 g/mol. The minimum Gasteiger partial charge on any atom is -0.508 e. The van der Waals surface area contributed by atoms with Crippen molar-refractivity contribution >= 4 is 5.97 Å². The predicted molar refractivity (Wildman–Crippen MR) is 114 cm³/mol. The molecule has 0 aromatic heterocycles. The van der Waals surface area contributed by atoms with E-state index in [1.807, 2.05) is 0 Å². The van der Waals surface area contributed by atoms with Crippen LogP contribution >= 0.6 is 0 Å². The Hall–Kier alpha value is -4.88. The lowest BCUT2D eigenvalue weighted by atomic mass is 9.93. The molecule has 0 bridgehead atoms. The number of rotatable bonds is 5. The van der Waals surface area contributed by atoms with Crippen LogP contribution < -0.4 is 9.47 Å². The standard InChI is InChI=1S/C23H17F3O11/c24-17-10(6-15(37-23(25)26)19(32)20(17)33)22(34)36-16-5-9-11(28)3-8(27)4-14(9)35-21(16)7-1-12(29)18(31)13(30)2-7/h1-4,6,16,21,23,27-33H,5H2/t16?,21-/m1/s1. The predicted octanol–water partition coefficient (Wildman–Crippen LogP) is 3.27. The summed E-state index contributed by atoms with van der Waals surface area (Å²) in [4.78, 5) is 12.9. The summed E-state index contributed by atoms with van der Waals surface area (Å²) < 4.78 is 54.8. The summed E-state index contributed by atoms with van der Waals surface area (Å²) >= 11 is 0. The first kappa shape index (κ1) is 25.2. The number of aromatic hydroxyl groups is 7. The highest BCUT2D eigenvalue weighted by molar-refractivity contribution is 5.91. The van der Waals surface area contributed by atoms with Gasteiger partial charge in [0.25, 0.3) is 0 Å². The molecule has 4 rings (SSSR count). The molecule has 11 nitrogen and oxygen atoms in total. The Morgan fingerprint density at radius 1 is 0.892 bits per heavy atom. The van der Waals surface area contributed by atoms with Crippen molar-refractivity contribution in [3.63, 3.8) is 0 Å². The van der Waals surface area contributed by atoms with Gasteiger partial charge in [-0.25, -0.2) is 9.18 Å². The van der Waals surface area contributed by atoms with Crippen molar-refractivity contribution in [1.29, 1.82) is 0 Å². The van der Waals surface area contributed by atoms with E-state index in [9.17, 15) is 53.7 Å². The maximum atomic E-state index is 14.6. The van der Waals surface area contributed by atoms with E-state index in [1.165, 1.54) is 0 Å². The minimum absolute atomic E-state index is 0.0369. The number of hydrogen-bond acceptors (Lipinski definition) is 11. The number of benzene rings is 3. The van der Waals surface area contributed by atoms with Crippen LogP contribution in [0, 0.1) is 5.82 Å². The van der Waals surface area contributed by atoms with E-state index < -0.39 is 82.2 Å². The van der Waals surface area contributed by atoms with Crippen molar-refractivity contribution in [2.24, 2.45) is 0 Å². The van der Waals surface area contributed by atoms with Crippen LogP contribution in [0.4, 0.5) is 13.2 Å². The molecule has 2 atom stereocenters. The van der Waals surface area contributed by atoms with Crippen LogP contribution in [0.15, 0.2) is 30.3 Å². The molecule has 0 fully saturated rings. The molecular weight excluding hydrogens is 509 g/mol. The van der Waals surface area contributed by atoms with Gasteiger partial charge in [0.2, 0.25) is 5.75 Å². The molecule has 3 aromatic rings. The van der Waals surface area contributed by atoms with Gasteiger partial charge >= 0.3 is 12.6 Å². The molecule has 1 heterocycles. The summed E-state index contributed by atoms with van der Waals surface area (Å²) in [5.41, 5.74) is -1.15. The molecule has 1 aliphatic heterocycles. The van der Waals surface area contributed by atoms with Crippen LogP contribution in [0.3, 0.4) is 0 Å². The maximum absolute atomic E-state index is 14.6. The van der Waals surface area contributed by atoms with E-state index in [2.05, 4.69) is 4.74 Å². The smallest absolute Gasteiger partial charge is 0.387 e. The number of carbonyl (C=O) groups excluding carboxylic acids is 1. The van der Waals surface area contributed by atoms with E-state index in [1.54, 1.807) is 0 Å². The van der Waals surface area contributed by atoms with Crippen LogP contribution in [0.25, 0.3) is 0 Å². The van der Waals surface area contributed by atoms with Gasteiger partial charge in [0.05, 0.1) is 0 Å². The van der Waals surface area contributed by atoms with Gasteiger partial charge in [0.15, 0.2) is 40.7 Å². The number of ether oxygens (including phenoxy) is 3. The summed E-state index contributed by atoms with van der Waals surface area (Å²) in [5, 5.41) is 68.8. The van der Waals surface area contributed by atoms with Gasteiger partial charge in [-0.15, -0.1) is 0 Å². The van der Waals surface area contributed by atoms with Gasteiger partial charge < -0.3 is 50.0 Å². The third kappa shape index (κ3) is 4.68. The van der Waals surface area contributed by atoms with Crippen LogP contribution in [0.2, 0.25) is 0 Å². The SMILES string of the molecule is O=C(OC1Cc2c(O)cc(O)cc2O[C@@H]1c1cc(O)c(O)c(O)c1)c1cc(OC(F)F)c(O)c(O)c1F. The number of halogens is 3. The summed E-state index contributed by atoms with van der Waals surface area (Å²) in [5.74, 6) is -10.7. The van der Waals surface area contributed by atoms with Crippen molar-refractivity contribution < 1.29 is 67.9 Å². The third-order valence-electron chi connectivity index (χ3n) is 5.46. The van der Waals surface area contributed by atoms with Crippen LogP contribution in [0.5, 0.6) is 51.7 Å². The van der Waals surface area contributed by atoms with Crippen LogP contribution in [-0.4, -0.2) is 54.4 Å². The van der Waals surface area contributed by atoms with Gasteiger partial charge in [0, 0.05) is 35.7 Å². The first-order chi connectivity index (χ1) is 17.4. The number of esters is 1. The molecule has 7 N–H and O–H groups in total. The second kappa shape index (κ2) is 9.29. The number of phenols is 7. The minimum atomic E-state index is -3.50. The van der Waals surface area contributed by atoms with Crippen molar-refractivity contribution in [2.75, 3.05) is 0 Å². The number of hydrogen-bond donors (Lipinski definition) is 7. The van der Waals surface area contributed by atoms with E-state index in [0.717, 1.165) is 24.3 Å². The quantitative estimate of drug-likeness (QED) is 0.191. The van der Waals surface area contributed by atoms with E-state index in [4.69, 9.17) is 9.47 Å². The molecule has 1 unspecified atom stereocenters. The summed E-state index contributed by atoms with van der Waals surface area (Å²) in [6.45, 7) is -3.50. The molecule has 0 saturated carbocycles. The Balaban J connectivity index is 1.76. The number of carbonyl (C=O) groups is 1. The van der Waals surface area contributed by atoms with Crippen molar-refractivity contribution in [3.8, 4) is 51.7 Å². The normalized spacial score (nSPS) is 16.6. The summed E-state index contributed by atoms with van der Waals surface area (Å²) in [7, 11) is 0. The second-order valence-electron chi connectivity index (χ2n) is 7.85. The molecule has 0 saturated heterocycles. The summed E-state index contributed by atoms with van der Waals surface area (Å²) in [6.07, 6.45) is -3.21. The van der Waals surface area contributed by atoms with E-state index in [0.29, 0.717) is 6.07 Å². The van der Waals surface area contributed by atoms with Gasteiger partial charge in [-0.3, -0.25) is 0 Å². The van der Waals surface area contributed by atoms with Crippen molar-refractivity contribution in [1.82, 2.24) is 0 Å². The highest BCUT2D eigenvalue weighted by atomic mass is 19.3. The molecule has 196 valence electrons. The molecule has 0 amide bonds. The van der Waals surface area contributed by atoms with Crippen molar-refractivity contribution in [3.05, 3.63) is 52.8 Å². The zero-order chi connectivity index (χ0) is 27.2. The van der Waals surface area contributed by atoms with Gasteiger partial charge in [-0.05, 0) is 12.1 Å². The zero-order valence-electron chi connectivity index (χ0n) is 18.2. The van der Waals surface area contributed by atoms with Gasteiger partial charge in [-0.1, -0.05) is 0 Å². The maximum Gasteiger partial charge on any atom is 0.387 e. The number of alkyl halides is 2. The first-order valence-corrected chi connectivity index (χ1v) is 10.2. The lowest BCUT2D eigenvalue weighted by Crippen LogP contribution is -2.35. The summed E-state index contributed by atoms with van der Waals surface area (Å²) in [6, 6.07) is 4.36. The van der Waals surface area contributed by atoms with Gasteiger partial charge in [0.1, 0.15) is 28.9 Å². The first-order valence-electron chi connectivity index (χ1n) is 10.2. The van der Waals surface area contributed by atoms with Crippen molar-refractivity contribution in [2.45, 2.75) is 25.2 Å². The Labute approximate surface area is 204 Å². The average molecular weight is 526 g/mol. The fourth-order valence-corrected chi connectivity index (χ4v) is 3.77. The molecule has 0 radical (unpaired) electrons. The fraction of sp³-hybridized carbons (Fsp3) is 0.174. The highest BCUT2D eigenvalue weighted by Crippen LogP contribution is 2.46. The fourth-order valence-electron chi connectivity index (χ4n) is 3.77. The van der Waals surface area contributed by atoms with Crippen LogP contribution in [0.1, 0.15) is 27.6 Å². The number of fused-ring (bicyclic) bond motifs is 1. The Kier molecular flexibility index (Phi) is 6.33. The van der Waals surface area contributed by atoms with E-state index in [-0.39, 0.29) is 23.3 Å².